The predicted octanol–water partition coefficient (Wildman–Crippen LogP) is 4.33. The highest BCUT2D eigenvalue weighted by Crippen LogP contribution is 2.37. The lowest BCUT2D eigenvalue weighted by Crippen LogP contribution is -2.22. The smallest absolute Gasteiger partial charge is 0.131 e. The predicted molar refractivity (Wildman–Crippen MR) is 176 cm³/mol. The van der Waals surface area contributed by atoms with Gasteiger partial charge in [0.15, 0.2) is 0 Å². The van der Waals surface area contributed by atoms with Gasteiger partial charge in [0.2, 0.25) is 0 Å². The third-order valence-electron chi connectivity index (χ3n) is 6.93. The van der Waals surface area contributed by atoms with Crippen molar-refractivity contribution in [2.24, 2.45) is 0 Å². The lowest BCUT2D eigenvalue weighted by molar-refractivity contribution is 0.187. The Balaban J connectivity index is 2.80. The molecule has 244 valence electrons. The number of hydrogen-bond donors (Lipinski definition) is 6. The van der Waals surface area contributed by atoms with Gasteiger partial charge in [-0.2, -0.15) is 0 Å². The van der Waals surface area contributed by atoms with E-state index in [-0.39, 0.29) is 73.8 Å². The maximum Gasteiger partial charge on any atom is 0.131 e. The zero-order chi connectivity index (χ0) is 32.1. The number of alkyl halides is 6. The Morgan fingerprint density at radius 1 is 0.395 bits per heavy atom. The van der Waals surface area contributed by atoms with Gasteiger partial charge in [0.25, 0.3) is 0 Å². The van der Waals surface area contributed by atoms with Crippen LogP contribution in [0.1, 0.15) is 33.4 Å². The summed E-state index contributed by atoms with van der Waals surface area (Å²) < 4.78 is 6.50. The molecule has 6 unspecified atom stereocenters. The number of aliphatic hydroxyl groups excluding tert-OH is 6. The van der Waals surface area contributed by atoms with Gasteiger partial charge >= 0.3 is 0 Å². The lowest BCUT2D eigenvalue weighted by Gasteiger charge is -2.25. The average molecular weight is 725 g/mol. The van der Waals surface area contributed by atoms with Gasteiger partial charge in [0, 0.05) is 72.1 Å². The molecule has 2 aromatic rings. The van der Waals surface area contributed by atoms with Gasteiger partial charge in [-0.15, -0.1) is 69.6 Å². The van der Waals surface area contributed by atoms with Gasteiger partial charge < -0.3 is 35.4 Å². The molecule has 7 nitrogen and oxygen atoms in total. The van der Waals surface area contributed by atoms with Gasteiger partial charge in [-0.25, -0.2) is 0 Å². The van der Waals surface area contributed by atoms with Crippen molar-refractivity contribution >= 4 is 69.6 Å². The zero-order valence-electron chi connectivity index (χ0n) is 23.6. The summed E-state index contributed by atoms with van der Waals surface area (Å²) in [5, 5.41) is 62.8. The lowest BCUT2D eigenvalue weighted by atomic mass is 9.89. The minimum atomic E-state index is -0.949. The Bertz CT molecular complexity index is 1040. The van der Waals surface area contributed by atoms with E-state index < -0.39 is 36.6 Å². The van der Waals surface area contributed by atoms with E-state index in [1.54, 1.807) is 24.3 Å². The molecule has 0 heterocycles. The van der Waals surface area contributed by atoms with E-state index >= 15 is 0 Å². The summed E-state index contributed by atoms with van der Waals surface area (Å²) in [4.78, 5) is 0. The van der Waals surface area contributed by atoms with Gasteiger partial charge in [0.05, 0.1) is 36.6 Å². The normalized spacial score (nSPS) is 16.0. The van der Waals surface area contributed by atoms with Crippen LogP contribution in [-0.4, -0.2) is 103 Å². The number of hydrogen-bond acceptors (Lipinski definition) is 7. The molecule has 0 saturated carbocycles. The quantitative estimate of drug-likeness (QED) is 0.112. The molecular formula is C30H40Cl6O7. The summed E-state index contributed by atoms with van der Waals surface area (Å²) in [5.74, 6) is 0.512. The van der Waals surface area contributed by atoms with E-state index in [0.717, 1.165) is 0 Å². The molecule has 0 aliphatic rings. The molecule has 6 atom stereocenters. The third-order valence-corrected chi connectivity index (χ3v) is 9.07. The molecule has 0 amide bonds. The molecule has 0 spiro atoms. The van der Waals surface area contributed by atoms with E-state index in [4.69, 9.17) is 74.3 Å². The second kappa shape index (κ2) is 20.1. The van der Waals surface area contributed by atoms with Crippen LogP contribution in [0.25, 0.3) is 0 Å². The Hall–Kier alpha value is -0.260. The maximum atomic E-state index is 10.6. The second-order valence-electron chi connectivity index (χ2n) is 10.5. The van der Waals surface area contributed by atoms with Crippen molar-refractivity contribution in [3.8, 4) is 11.5 Å². The summed E-state index contributed by atoms with van der Waals surface area (Å²) in [6.45, 7) is 0. The van der Waals surface area contributed by atoms with Gasteiger partial charge in [-0.3, -0.25) is 0 Å². The van der Waals surface area contributed by atoms with Crippen LogP contribution >= 0.6 is 69.6 Å². The minimum Gasteiger partial charge on any atom is -0.457 e. The van der Waals surface area contributed by atoms with Crippen LogP contribution in [0.2, 0.25) is 0 Å². The van der Waals surface area contributed by atoms with Crippen molar-refractivity contribution in [1.29, 1.82) is 0 Å². The minimum absolute atomic E-state index is 0.00332. The fourth-order valence-corrected chi connectivity index (χ4v) is 5.52. The van der Waals surface area contributed by atoms with Crippen LogP contribution in [0.5, 0.6) is 11.5 Å². The Morgan fingerprint density at radius 2 is 0.651 bits per heavy atom. The molecule has 0 aliphatic carbocycles. The highest BCUT2D eigenvalue weighted by Gasteiger charge is 2.25. The van der Waals surface area contributed by atoms with Crippen molar-refractivity contribution in [2.75, 3.05) is 35.3 Å². The fraction of sp³-hybridized carbons (Fsp3) is 0.600. The first kappa shape index (κ1) is 38.9. The largest absolute Gasteiger partial charge is 0.457 e. The summed E-state index contributed by atoms with van der Waals surface area (Å²) in [7, 11) is 0. The van der Waals surface area contributed by atoms with E-state index in [9.17, 15) is 30.6 Å². The Labute approximate surface area is 283 Å². The first-order valence-electron chi connectivity index (χ1n) is 13.9. The van der Waals surface area contributed by atoms with Crippen LogP contribution in [0.4, 0.5) is 0 Å². The van der Waals surface area contributed by atoms with Crippen LogP contribution in [0.15, 0.2) is 24.3 Å². The van der Waals surface area contributed by atoms with Crippen LogP contribution < -0.4 is 4.74 Å². The first-order valence-corrected chi connectivity index (χ1v) is 17.1. The highest BCUT2D eigenvalue weighted by atomic mass is 35.5. The van der Waals surface area contributed by atoms with Crippen molar-refractivity contribution in [1.82, 2.24) is 0 Å². The Morgan fingerprint density at radius 3 is 0.930 bits per heavy atom. The van der Waals surface area contributed by atoms with Crippen LogP contribution in [0.3, 0.4) is 0 Å². The van der Waals surface area contributed by atoms with Crippen molar-refractivity contribution in [3.63, 3.8) is 0 Å². The fourth-order valence-electron chi connectivity index (χ4n) is 4.87. The number of benzene rings is 2. The SMILES string of the molecule is OC(CCl)Cc1ccc(Oc2ccc(CC(O)CCl)c(CC(O)CCl)c2CC(O)CCl)c(CC(O)CCl)c1CC(O)CCl. The van der Waals surface area contributed by atoms with Crippen LogP contribution in [-0.2, 0) is 38.5 Å². The van der Waals surface area contributed by atoms with Crippen LogP contribution in [0, 0.1) is 0 Å². The Kier molecular flexibility index (Phi) is 18.2. The highest BCUT2D eigenvalue weighted by molar-refractivity contribution is 6.19. The molecule has 0 aliphatic heterocycles. The molecule has 0 aromatic heterocycles. The summed E-state index contributed by atoms with van der Waals surface area (Å²) in [5.41, 5.74) is 3.81. The number of aliphatic hydroxyl groups is 6. The summed E-state index contributed by atoms with van der Waals surface area (Å²) in [6.07, 6.45) is -4.63. The molecule has 0 bridgehead atoms. The zero-order valence-corrected chi connectivity index (χ0v) is 28.2. The third kappa shape index (κ3) is 12.1. The topological polar surface area (TPSA) is 131 Å². The van der Waals surface area contributed by atoms with E-state index in [0.29, 0.717) is 44.9 Å². The molecule has 43 heavy (non-hydrogen) atoms. The second-order valence-corrected chi connectivity index (χ2v) is 12.4. The molecule has 0 fully saturated rings. The molecule has 2 aromatic carbocycles. The number of halogens is 6. The van der Waals surface area contributed by atoms with Gasteiger partial charge in [-0.05, 0) is 47.2 Å². The summed E-state index contributed by atoms with van der Waals surface area (Å²) >= 11 is 35.6. The van der Waals surface area contributed by atoms with Crippen molar-refractivity contribution in [2.45, 2.75) is 75.1 Å². The first-order chi connectivity index (χ1) is 20.5. The average Bonchev–Trinajstić information content (AvgIpc) is 3.01. The molecule has 0 radical (unpaired) electrons. The van der Waals surface area contributed by atoms with E-state index in [1.165, 1.54) is 0 Å². The number of ether oxygens (including phenoxy) is 1. The standard InChI is InChI=1S/C30H40Cl6O7/c31-11-19(37)5-17-1-3-29(27(9-23(41)15-35)25(17)7-21(39)13-33)43-30-4-2-18(6-20(38)12-32)26(8-22(40)14-34)28(30)10-24(42)16-36/h1-4,19-24,37-42H,5-16H2. The van der Waals surface area contributed by atoms with Crippen molar-refractivity contribution < 1.29 is 35.4 Å². The molecule has 13 heteroatoms. The molecule has 2 rings (SSSR count). The van der Waals surface area contributed by atoms with Crippen molar-refractivity contribution in [3.05, 3.63) is 57.6 Å². The summed E-state index contributed by atoms with van der Waals surface area (Å²) in [6, 6.07) is 6.91. The van der Waals surface area contributed by atoms with E-state index in [2.05, 4.69) is 0 Å². The molecular weight excluding hydrogens is 685 g/mol. The maximum absolute atomic E-state index is 10.6. The van der Waals surface area contributed by atoms with E-state index in [1.807, 2.05) is 0 Å². The monoisotopic (exact) mass is 722 g/mol. The number of rotatable bonds is 20. The van der Waals surface area contributed by atoms with Gasteiger partial charge in [0.1, 0.15) is 11.5 Å². The molecule has 6 N–H and O–H groups in total. The molecule has 0 saturated heterocycles. The van der Waals surface area contributed by atoms with Gasteiger partial charge in [-0.1, -0.05) is 12.1 Å².